The monoisotopic (exact) mass is 259 g/mol. The van der Waals surface area contributed by atoms with Crippen LogP contribution in [0, 0.1) is 0 Å². The molecule has 0 fully saturated rings. The Morgan fingerprint density at radius 3 is 1.76 bits per heavy atom. The van der Waals surface area contributed by atoms with Gasteiger partial charge in [0.15, 0.2) is 11.6 Å². The van der Waals surface area contributed by atoms with Gasteiger partial charge in [-0.2, -0.15) is 0 Å². The third kappa shape index (κ3) is 6.25. The summed E-state index contributed by atoms with van der Waals surface area (Å²) >= 11 is 0. The lowest BCUT2D eigenvalue weighted by Crippen LogP contribution is -2.39. The normalized spacial score (nSPS) is 12.8. The number of hydrogen-bond donors (Lipinski definition) is 0. The van der Waals surface area contributed by atoms with Crippen molar-refractivity contribution in [2.75, 3.05) is 11.5 Å². The summed E-state index contributed by atoms with van der Waals surface area (Å²) in [6.45, 7) is 7.76. The van der Waals surface area contributed by atoms with Gasteiger partial charge in [-0.05, 0) is 12.8 Å². The van der Waals surface area contributed by atoms with Crippen molar-refractivity contribution in [2.45, 2.75) is 65.0 Å². The van der Waals surface area contributed by atoms with Gasteiger partial charge in [0.1, 0.15) is 11.5 Å². The van der Waals surface area contributed by atoms with E-state index in [-0.39, 0.29) is 27.7 Å². The number of carbonyl (C=O) groups is 2. The Kier molecular flexibility index (Phi) is 9.52. The van der Waals surface area contributed by atoms with Crippen molar-refractivity contribution in [1.29, 1.82) is 0 Å². The maximum Gasteiger partial charge on any atom is 0.233 e. The molecule has 1 unspecified atom stereocenters. The van der Waals surface area contributed by atoms with E-state index in [1.54, 1.807) is 6.92 Å². The SMILES string of the molecule is CCCC[S+](CCCC)C(C(C)=O)C(=O)CC. The Morgan fingerprint density at radius 1 is 1.00 bits per heavy atom. The van der Waals surface area contributed by atoms with Crippen LogP contribution in [0.2, 0.25) is 0 Å². The van der Waals surface area contributed by atoms with Crippen molar-refractivity contribution in [2.24, 2.45) is 0 Å². The van der Waals surface area contributed by atoms with E-state index in [1.807, 2.05) is 6.92 Å². The first-order valence-electron chi connectivity index (χ1n) is 6.77. The van der Waals surface area contributed by atoms with Crippen molar-refractivity contribution in [3.8, 4) is 0 Å². The van der Waals surface area contributed by atoms with Crippen molar-refractivity contribution < 1.29 is 9.59 Å². The molecule has 0 saturated carbocycles. The Bertz CT molecular complexity index is 230. The molecule has 0 rings (SSSR count). The number of rotatable bonds is 10. The zero-order valence-electron chi connectivity index (χ0n) is 11.8. The summed E-state index contributed by atoms with van der Waals surface area (Å²) in [6.07, 6.45) is 5.04. The molecule has 0 spiro atoms. The van der Waals surface area contributed by atoms with Crippen LogP contribution in [0.4, 0.5) is 0 Å². The molecule has 2 nitrogen and oxygen atoms in total. The third-order valence-electron chi connectivity index (χ3n) is 2.86. The van der Waals surface area contributed by atoms with Crippen LogP contribution in [0.1, 0.15) is 59.8 Å². The van der Waals surface area contributed by atoms with Crippen molar-refractivity contribution in [3.05, 3.63) is 0 Å². The lowest BCUT2D eigenvalue weighted by molar-refractivity contribution is -0.125. The second-order valence-corrected chi connectivity index (χ2v) is 6.83. The molecule has 0 aromatic heterocycles. The van der Waals surface area contributed by atoms with E-state index in [9.17, 15) is 9.59 Å². The molecular formula is C14H27O2S+. The van der Waals surface area contributed by atoms with Crippen LogP contribution in [0.5, 0.6) is 0 Å². The average Bonchev–Trinajstić information content (AvgIpc) is 2.31. The van der Waals surface area contributed by atoms with Gasteiger partial charge in [0.2, 0.25) is 5.25 Å². The second kappa shape index (κ2) is 9.69. The molecule has 0 N–H and O–H groups in total. The van der Waals surface area contributed by atoms with Gasteiger partial charge in [0.05, 0.1) is 0 Å². The molecule has 0 aliphatic rings. The number of unbranched alkanes of at least 4 members (excludes halogenated alkanes) is 2. The topological polar surface area (TPSA) is 34.1 Å². The highest BCUT2D eigenvalue weighted by Gasteiger charge is 2.38. The molecule has 0 heterocycles. The lowest BCUT2D eigenvalue weighted by atomic mass is 10.2. The van der Waals surface area contributed by atoms with E-state index in [2.05, 4.69) is 13.8 Å². The minimum atomic E-state index is -0.307. The number of ketones is 2. The number of carbonyl (C=O) groups excluding carboxylic acids is 2. The van der Waals surface area contributed by atoms with Gasteiger partial charge in [-0.1, -0.05) is 33.6 Å². The first-order valence-corrected chi connectivity index (χ1v) is 8.40. The Balaban J connectivity index is 4.66. The molecule has 0 aromatic carbocycles. The van der Waals surface area contributed by atoms with E-state index >= 15 is 0 Å². The van der Waals surface area contributed by atoms with Gasteiger partial charge in [-0.15, -0.1) is 0 Å². The molecule has 1 atom stereocenters. The first kappa shape index (κ1) is 16.7. The number of Topliss-reactive ketones (excluding diaryl/α,β-unsaturated/α-hetero) is 2. The maximum absolute atomic E-state index is 11.9. The molecule has 0 amide bonds. The van der Waals surface area contributed by atoms with Crippen LogP contribution < -0.4 is 0 Å². The van der Waals surface area contributed by atoms with Crippen LogP contribution >= 0.6 is 0 Å². The Labute approximate surface area is 109 Å². The zero-order chi connectivity index (χ0) is 13.3. The minimum Gasteiger partial charge on any atom is -0.294 e. The molecule has 0 radical (unpaired) electrons. The summed E-state index contributed by atoms with van der Waals surface area (Å²) in [5, 5.41) is -0.307. The standard InChI is InChI=1S/C14H27O2S/c1-5-8-10-17(11-9-6-2)14(12(4)15)13(16)7-3/h14H,5-11H2,1-4H3/q+1. The van der Waals surface area contributed by atoms with Crippen LogP contribution in [0.15, 0.2) is 0 Å². The number of hydrogen-bond acceptors (Lipinski definition) is 2. The molecule has 0 aliphatic carbocycles. The van der Waals surface area contributed by atoms with Gasteiger partial charge in [0.25, 0.3) is 0 Å². The highest BCUT2D eigenvalue weighted by Crippen LogP contribution is 2.15. The molecule has 0 bridgehead atoms. The van der Waals surface area contributed by atoms with Crippen LogP contribution in [-0.4, -0.2) is 28.3 Å². The van der Waals surface area contributed by atoms with Gasteiger partial charge in [0, 0.05) is 24.2 Å². The predicted molar refractivity (Wildman–Crippen MR) is 76.7 cm³/mol. The van der Waals surface area contributed by atoms with E-state index in [1.165, 1.54) is 0 Å². The first-order chi connectivity index (χ1) is 8.08. The zero-order valence-corrected chi connectivity index (χ0v) is 12.6. The summed E-state index contributed by atoms with van der Waals surface area (Å²) in [5.74, 6) is 2.32. The fourth-order valence-corrected chi connectivity index (χ4v) is 4.83. The van der Waals surface area contributed by atoms with E-state index in [0.29, 0.717) is 6.42 Å². The maximum atomic E-state index is 11.9. The van der Waals surface area contributed by atoms with Gasteiger partial charge >= 0.3 is 0 Å². The third-order valence-corrected chi connectivity index (χ3v) is 5.75. The fourth-order valence-electron chi connectivity index (χ4n) is 1.83. The quantitative estimate of drug-likeness (QED) is 0.446. The summed E-state index contributed by atoms with van der Waals surface area (Å²) in [7, 11) is -0.0212. The predicted octanol–water partition coefficient (Wildman–Crippen LogP) is 3.14. The lowest BCUT2D eigenvalue weighted by Gasteiger charge is -2.15. The van der Waals surface area contributed by atoms with Crippen molar-refractivity contribution >= 4 is 22.5 Å². The van der Waals surface area contributed by atoms with Gasteiger partial charge in [-0.3, -0.25) is 9.59 Å². The molecule has 0 saturated heterocycles. The van der Waals surface area contributed by atoms with E-state index < -0.39 is 0 Å². The molecular weight excluding hydrogens is 232 g/mol. The molecule has 3 heteroatoms. The van der Waals surface area contributed by atoms with Crippen molar-refractivity contribution in [3.63, 3.8) is 0 Å². The minimum absolute atomic E-state index is 0.0212. The fraction of sp³-hybridized carbons (Fsp3) is 0.857. The van der Waals surface area contributed by atoms with Gasteiger partial charge < -0.3 is 0 Å². The molecule has 17 heavy (non-hydrogen) atoms. The second-order valence-electron chi connectivity index (χ2n) is 4.46. The summed E-state index contributed by atoms with van der Waals surface area (Å²) in [5.41, 5.74) is 0. The van der Waals surface area contributed by atoms with Crippen molar-refractivity contribution in [1.82, 2.24) is 0 Å². The van der Waals surface area contributed by atoms with Gasteiger partial charge in [-0.25, -0.2) is 0 Å². The highest BCUT2D eigenvalue weighted by molar-refractivity contribution is 7.98. The van der Waals surface area contributed by atoms with Crippen LogP contribution in [0.25, 0.3) is 0 Å². The van der Waals surface area contributed by atoms with Crippen LogP contribution in [0.3, 0.4) is 0 Å². The Morgan fingerprint density at radius 2 is 1.47 bits per heavy atom. The summed E-state index contributed by atoms with van der Waals surface area (Å²) < 4.78 is 0. The molecule has 100 valence electrons. The summed E-state index contributed by atoms with van der Waals surface area (Å²) in [6, 6.07) is 0. The molecule has 0 aromatic rings. The smallest absolute Gasteiger partial charge is 0.233 e. The van der Waals surface area contributed by atoms with E-state index in [0.717, 1.165) is 37.2 Å². The Hall–Kier alpha value is -0.310. The average molecular weight is 259 g/mol. The van der Waals surface area contributed by atoms with Crippen LogP contribution in [-0.2, 0) is 20.5 Å². The highest BCUT2D eigenvalue weighted by atomic mass is 32.2. The largest absolute Gasteiger partial charge is 0.294 e. The summed E-state index contributed by atoms with van der Waals surface area (Å²) in [4.78, 5) is 23.6. The molecule has 0 aliphatic heterocycles. The van der Waals surface area contributed by atoms with E-state index in [4.69, 9.17) is 0 Å².